The summed E-state index contributed by atoms with van der Waals surface area (Å²) in [6.07, 6.45) is -13.5. The highest BCUT2D eigenvalue weighted by Gasteiger charge is 2.53. The Morgan fingerprint density at radius 2 is 1.06 bits per heavy atom. The van der Waals surface area contributed by atoms with Gasteiger partial charge < -0.3 is 85.4 Å². The first-order valence-electron chi connectivity index (χ1n) is 24.8. The summed E-state index contributed by atoms with van der Waals surface area (Å²) in [5.41, 5.74) is -2.93. The topological polar surface area (TPSA) is 378 Å². The lowest BCUT2D eigenvalue weighted by Gasteiger charge is -2.43. The first kappa shape index (κ1) is 53.6. The maximum atomic E-state index is 14.6. The van der Waals surface area contributed by atoms with Gasteiger partial charge in [0.15, 0.2) is 35.7 Å². The van der Waals surface area contributed by atoms with Crippen LogP contribution in [0, 0.1) is 0 Å². The number of benzene rings is 4. The number of phenols is 4. The van der Waals surface area contributed by atoms with E-state index in [-0.39, 0.29) is 68.8 Å². The lowest BCUT2D eigenvalue weighted by Crippen LogP contribution is -2.57. The molecule has 0 saturated carbocycles. The number of ether oxygens (including phenoxy) is 6. The molecule has 12 N–H and O–H groups in total. The summed E-state index contributed by atoms with van der Waals surface area (Å²) in [6, 6.07) is 6.45. The molecule has 408 valence electrons. The van der Waals surface area contributed by atoms with Crippen molar-refractivity contribution in [1.82, 2.24) is 5.32 Å². The van der Waals surface area contributed by atoms with Gasteiger partial charge in [-0.05, 0) is 26.0 Å². The summed E-state index contributed by atoms with van der Waals surface area (Å²) in [6.45, 7) is 1.11. The summed E-state index contributed by atoms with van der Waals surface area (Å²) in [5.74, 6) is -8.76. The maximum absolute atomic E-state index is 14.6. The van der Waals surface area contributed by atoms with Gasteiger partial charge in [-0.2, -0.15) is 0 Å². The Labute approximate surface area is 437 Å². The van der Waals surface area contributed by atoms with E-state index in [1.807, 2.05) is 0 Å². The molecule has 4 aliphatic carbocycles. The average Bonchev–Trinajstić information content (AvgIpc) is 3.53. The highest BCUT2D eigenvalue weighted by atomic mass is 16.7. The minimum atomic E-state index is -2.48. The molecule has 4 aromatic rings. The molecule has 2 heterocycles. The number of fused-ring (bicyclic) bond motifs is 6. The zero-order valence-electron chi connectivity index (χ0n) is 41.9. The van der Waals surface area contributed by atoms with E-state index in [9.17, 15) is 74.7 Å². The molecule has 0 aromatic heterocycles. The van der Waals surface area contributed by atoms with Gasteiger partial charge in [0.05, 0.1) is 90.8 Å². The van der Waals surface area contributed by atoms with E-state index in [0.29, 0.717) is 0 Å². The number of phenolic OH excluding ortho intramolecular Hbond substituents is 4. The van der Waals surface area contributed by atoms with Gasteiger partial charge in [0.2, 0.25) is 11.6 Å². The zero-order valence-corrected chi connectivity index (χ0v) is 41.9. The number of methoxy groups -OCH3 is 2. The Balaban J connectivity index is 0.949. The van der Waals surface area contributed by atoms with Gasteiger partial charge in [-0.15, -0.1) is 0 Å². The molecule has 0 amide bonds. The fraction of sp³-hybridized carbons (Fsp3) is 0.444. The van der Waals surface area contributed by atoms with Crippen molar-refractivity contribution in [2.45, 2.75) is 125 Å². The van der Waals surface area contributed by atoms with Gasteiger partial charge >= 0.3 is 0 Å². The number of aliphatic hydroxyl groups excluding tert-OH is 3. The SMILES string of the molecule is COc1cccc2c1C(=O)c1c(O)c3c(c(O)c1C2=O)C[C@@](O)(C(=O)CO)C[C@@H]3O[C@H]1C[C@H](NCC(=O)[C@]2(O)Cc3c(O)c4c(c(O)c3[C@@H](O[C@@H]3C[C@@H](N)[C@@H](O)[C@H](C)O3)C2)C(=O)c2c(OC)cccc2C4=O)[C@H](O)[C@H](C)O1. The number of ketones is 6. The number of carbonyl (C=O) groups excluding carboxylic acids is 6. The molecule has 0 radical (unpaired) electrons. The van der Waals surface area contributed by atoms with E-state index in [1.54, 1.807) is 0 Å². The number of hydrogen-bond donors (Lipinski definition) is 11. The smallest absolute Gasteiger partial charge is 0.202 e. The van der Waals surface area contributed by atoms with Crippen LogP contribution in [-0.4, -0.2) is 168 Å². The quantitative estimate of drug-likeness (QED) is 0.0750. The molecular weight excluding hydrogens is 1010 g/mol. The van der Waals surface area contributed by atoms with Crippen LogP contribution in [0.2, 0.25) is 0 Å². The van der Waals surface area contributed by atoms with E-state index in [4.69, 9.17) is 34.2 Å². The summed E-state index contributed by atoms with van der Waals surface area (Å²) < 4.78 is 35.3. The van der Waals surface area contributed by atoms with Crippen LogP contribution in [0.5, 0.6) is 34.5 Å². The van der Waals surface area contributed by atoms with Crippen LogP contribution in [0.15, 0.2) is 36.4 Å². The Bertz CT molecular complexity index is 3200. The molecular formula is C54H56N2O21. The van der Waals surface area contributed by atoms with Crippen molar-refractivity contribution in [3.63, 3.8) is 0 Å². The summed E-state index contributed by atoms with van der Waals surface area (Å²) >= 11 is 0. The molecule has 2 aliphatic heterocycles. The molecule has 0 unspecified atom stereocenters. The fourth-order valence-corrected chi connectivity index (χ4v) is 11.9. The highest BCUT2D eigenvalue weighted by molar-refractivity contribution is 6.32. The molecule has 10 rings (SSSR count). The van der Waals surface area contributed by atoms with E-state index in [0.717, 1.165) is 0 Å². The average molecular weight is 1070 g/mol. The lowest BCUT2D eigenvalue weighted by atomic mass is 9.71. The molecule has 77 heavy (non-hydrogen) atoms. The van der Waals surface area contributed by atoms with Gasteiger partial charge in [0.25, 0.3) is 0 Å². The van der Waals surface area contributed by atoms with Crippen molar-refractivity contribution < 1.29 is 103 Å². The molecule has 23 heteroatoms. The number of carbonyl (C=O) groups is 6. The standard InChI is InChI=1S/C54H56N2O21/c1-19-43(60)25(55)11-33(74-19)76-29-15-53(70,13-23-37(29)51(68)41-39(47(23)64)45(62)21-7-5-9-27(72-3)35(21)49(41)66)31(58)17-56-26-12-34(75-20(2)44(26)61)77-30-16-54(71,32(59)18-57)14-24-38(30)52(69)42-40(48(24)65)46(63)22-8-6-10-28(73-4)36(22)50(42)67/h5-10,19-20,25-26,29-30,33-34,43-44,56-57,60-61,64-65,68-71H,11-18,55H2,1-4H3/t19-,20-,25+,26-,29-,30-,33+,34-,43-,44+,53-,54-/m0/s1. The third-order valence-corrected chi connectivity index (χ3v) is 15.9. The normalized spacial score (nSPS) is 30.3. The predicted octanol–water partition coefficient (Wildman–Crippen LogP) is 0.655. The third-order valence-electron chi connectivity index (χ3n) is 15.9. The second kappa shape index (κ2) is 19.6. The number of nitrogens with one attached hydrogen (secondary N) is 1. The Hall–Kier alpha value is -6.74. The van der Waals surface area contributed by atoms with Crippen molar-refractivity contribution >= 4 is 34.7 Å². The predicted molar refractivity (Wildman–Crippen MR) is 260 cm³/mol. The van der Waals surface area contributed by atoms with Gasteiger partial charge in [-0.1, -0.05) is 24.3 Å². The summed E-state index contributed by atoms with van der Waals surface area (Å²) in [7, 11) is 2.56. The third kappa shape index (κ3) is 8.48. The number of aliphatic hydroxyl groups is 5. The number of Topliss-reactive ketones (excluding diaryl/α,β-unsaturated/α-hetero) is 2. The molecule has 23 nitrogen and oxygen atoms in total. The maximum Gasteiger partial charge on any atom is 0.202 e. The first-order chi connectivity index (χ1) is 36.5. The fourth-order valence-electron chi connectivity index (χ4n) is 11.9. The number of rotatable bonds is 12. The Kier molecular flexibility index (Phi) is 13.7. The van der Waals surface area contributed by atoms with Crippen molar-refractivity contribution in [3.05, 3.63) is 103 Å². The van der Waals surface area contributed by atoms with Crippen LogP contribution < -0.4 is 20.5 Å². The van der Waals surface area contributed by atoms with Crippen molar-refractivity contribution in [1.29, 1.82) is 0 Å². The van der Waals surface area contributed by atoms with Crippen LogP contribution in [0.25, 0.3) is 0 Å². The summed E-state index contributed by atoms with van der Waals surface area (Å²) in [4.78, 5) is 84.2. The van der Waals surface area contributed by atoms with E-state index < -0.39 is 191 Å². The molecule has 2 fully saturated rings. The number of nitrogens with two attached hydrogens (primary N) is 1. The van der Waals surface area contributed by atoms with E-state index >= 15 is 0 Å². The Morgan fingerprint density at radius 1 is 0.636 bits per heavy atom. The zero-order chi connectivity index (χ0) is 55.5. The lowest BCUT2D eigenvalue weighted by molar-refractivity contribution is -0.250. The number of hydrogen-bond acceptors (Lipinski definition) is 23. The molecule has 0 bridgehead atoms. The monoisotopic (exact) mass is 1070 g/mol. The second-order valence-corrected chi connectivity index (χ2v) is 20.5. The minimum absolute atomic E-state index is 0.00123. The number of aromatic hydroxyl groups is 4. The van der Waals surface area contributed by atoms with Crippen LogP contribution in [-0.2, 0) is 41.4 Å². The minimum Gasteiger partial charge on any atom is -0.507 e. The molecule has 6 aliphatic rings. The van der Waals surface area contributed by atoms with Crippen LogP contribution in [0.3, 0.4) is 0 Å². The van der Waals surface area contributed by atoms with E-state index in [2.05, 4.69) is 5.32 Å². The van der Waals surface area contributed by atoms with Crippen LogP contribution >= 0.6 is 0 Å². The molecule has 4 aromatic carbocycles. The summed E-state index contributed by atoms with van der Waals surface area (Å²) in [5, 5.41) is 107. The second-order valence-electron chi connectivity index (χ2n) is 20.5. The Morgan fingerprint density at radius 3 is 1.51 bits per heavy atom. The van der Waals surface area contributed by atoms with E-state index in [1.165, 1.54) is 64.5 Å². The molecule has 0 spiro atoms. The van der Waals surface area contributed by atoms with Gasteiger partial charge in [0.1, 0.15) is 52.3 Å². The largest absolute Gasteiger partial charge is 0.507 e. The van der Waals surface area contributed by atoms with Crippen molar-refractivity contribution in [2.24, 2.45) is 5.73 Å². The molecule has 12 atom stereocenters. The van der Waals surface area contributed by atoms with Gasteiger partial charge in [-0.3, -0.25) is 28.8 Å². The first-order valence-corrected chi connectivity index (χ1v) is 24.8. The molecule has 2 saturated heterocycles. The van der Waals surface area contributed by atoms with Gasteiger partial charge in [-0.25, -0.2) is 0 Å². The van der Waals surface area contributed by atoms with Crippen LogP contribution in [0.4, 0.5) is 0 Å². The van der Waals surface area contributed by atoms with Crippen molar-refractivity contribution in [3.8, 4) is 34.5 Å². The van der Waals surface area contributed by atoms with Crippen molar-refractivity contribution in [2.75, 3.05) is 27.4 Å². The van der Waals surface area contributed by atoms with Gasteiger partial charge in [0, 0.05) is 84.0 Å². The van der Waals surface area contributed by atoms with Crippen LogP contribution in [0.1, 0.15) is 138 Å². The highest BCUT2D eigenvalue weighted by Crippen LogP contribution is 2.55.